The minimum atomic E-state index is -2.74. The number of fused-ring (bicyclic) bond motifs is 1. The third kappa shape index (κ3) is 5.58. The molecule has 1 aliphatic rings. The number of aromatic nitrogens is 5. The monoisotopic (exact) mass is 556 g/mol. The number of rotatable bonds is 7. The first-order valence-electron chi connectivity index (χ1n) is 11.6. The Balaban J connectivity index is 1.45. The molecule has 3 aromatic heterocycles. The molecule has 4 heterocycles. The van der Waals surface area contributed by atoms with E-state index in [0.29, 0.717) is 50.4 Å². The van der Waals surface area contributed by atoms with Gasteiger partial charge in [0.2, 0.25) is 11.8 Å². The van der Waals surface area contributed by atoms with Gasteiger partial charge in [-0.05, 0) is 37.6 Å². The Labute approximate surface area is 224 Å². The maximum absolute atomic E-state index is 13.2. The number of benzene rings is 1. The topological polar surface area (TPSA) is 118 Å². The third-order valence-corrected chi connectivity index (χ3v) is 8.52. The smallest absolute Gasteiger partial charge is 0.239 e. The number of anilines is 5. The van der Waals surface area contributed by atoms with Crippen molar-refractivity contribution < 1.29 is 9.30 Å². The quantitative estimate of drug-likeness (QED) is 0.306. The van der Waals surface area contributed by atoms with Crippen molar-refractivity contribution in [2.24, 2.45) is 0 Å². The maximum atomic E-state index is 13.2. The summed E-state index contributed by atoms with van der Waals surface area (Å²) >= 11 is 8.39. The van der Waals surface area contributed by atoms with Crippen molar-refractivity contribution in [1.29, 1.82) is 0 Å². The highest BCUT2D eigenvalue weighted by atomic mass is 35.5. The van der Waals surface area contributed by atoms with Gasteiger partial charge in [0.05, 0.1) is 29.8 Å². The van der Waals surface area contributed by atoms with Crippen LogP contribution in [0.3, 0.4) is 0 Å². The van der Waals surface area contributed by atoms with Crippen LogP contribution < -0.4 is 25.6 Å². The van der Waals surface area contributed by atoms with Crippen molar-refractivity contribution >= 4 is 75.8 Å². The molecule has 4 aromatic rings. The summed E-state index contributed by atoms with van der Waals surface area (Å²) in [6.07, 6.45) is 4.69. The molecule has 0 aliphatic carbocycles. The van der Waals surface area contributed by atoms with Crippen molar-refractivity contribution in [3.8, 4) is 5.88 Å². The molecule has 0 unspecified atom stereocenters. The van der Waals surface area contributed by atoms with Crippen LogP contribution in [0.25, 0.3) is 11.0 Å². The highest BCUT2D eigenvalue weighted by Crippen LogP contribution is 2.41. The van der Waals surface area contributed by atoms with E-state index in [2.05, 4.69) is 40.5 Å². The molecular formula is C24H26ClN8O2PS. The van der Waals surface area contributed by atoms with Crippen LogP contribution in [0.15, 0.2) is 42.9 Å². The van der Waals surface area contributed by atoms with E-state index in [1.165, 1.54) is 6.20 Å². The van der Waals surface area contributed by atoms with E-state index >= 15 is 0 Å². The fourth-order valence-corrected chi connectivity index (χ4v) is 6.52. The summed E-state index contributed by atoms with van der Waals surface area (Å²) < 4.78 is 18.8. The van der Waals surface area contributed by atoms with Crippen LogP contribution in [-0.2, 0) is 4.57 Å². The SMILES string of the molecule is COc1nc(N2CCSCC2)ccc1Nc1ncc(Cl)c(Nc2ccc3nccnc3c2P(C)(C)=O)n1. The van der Waals surface area contributed by atoms with Crippen molar-refractivity contribution in [3.05, 3.63) is 47.9 Å². The molecule has 1 aromatic carbocycles. The fourth-order valence-electron chi connectivity index (χ4n) is 4.08. The van der Waals surface area contributed by atoms with E-state index in [1.54, 1.807) is 32.8 Å². The largest absolute Gasteiger partial charge is 0.479 e. The van der Waals surface area contributed by atoms with Crippen molar-refractivity contribution in [3.63, 3.8) is 0 Å². The standard InChI is InChI=1S/C24H26ClN8O2PS/c1-35-23-18(6-7-19(31-23)33-10-12-37-13-11-33)30-24-28-14-15(25)22(32-24)29-17-5-4-16-20(27-9-8-26-16)21(17)36(2,3)34/h4-9,14H,10-13H2,1-3H3,(H2,28,29,30,32). The molecule has 37 heavy (non-hydrogen) atoms. The van der Waals surface area contributed by atoms with Crippen LogP contribution in [0.1, 0.15) is 0 Å². The zero-order chi connectivity index (χ0) is 26.0. The Morgan fingerprint density at radius 1 is 1.00 bits per heavy atom. The average Bonchev–Trinajstić information content (AvgIpc) is 2.90. The van der Waals surface area contributed by atoms with Crippen LogP contribution in [0.4, 0.5) is 29.0 Å². The van der Waals surface area contributed by atoms with Gasteiger partial charge in [-0.25, -0.2) is 4.98 Å². The second kappa shape index (κ2) is 10.7. The molecule has 0 amide bonds. The molecule has 5 rings (SSSR count). The molecule has 10 nitrogen and oxygen atoms in total. The van der Waals surface area contributed by atoms with Gasteiger partial charge in [-0.15, -0.1) is 0 Å². The highest BCUT2D eigenvalue weighted by molar-refractivity contribution is 7.99. The molecule has 0 spiro atoms. The van der Waals surface area contributed by atoms with Gasteiger partial charge in [-0.1, -0.05) is 11.6 Å². The Kier molecular flexibility index (Phi) is 7.37. The van der Waals surface area contributed by atoms with Crippen LogP contribution in [0.2, 0.25) is 5.02 Å². The second-order valence-electron chi connectivity index (χ2n) is 8.70. The first kappa shape index (κ1) is 25.5. The lowest BCUT2D eigenvalue weighted by atomic mass is 10.2. The maximum Gasteiger partial charge on any atom is 0.239 e. The molecule has 0 radical (unpaired) electrons. The van der Waals surface area contributed by atoms with E-state index in [-0.39, 0.29) is 0 Å². The molecule has 1 fully saturated rings. The van der Waals surface area contributed by atoms with Crippen molar-refractivity contribution in [1.82, 2.24) is 24.9 Å². The number of nitrogens with one attached hydrogen (secondary N) is 2. The number of ether oxygens (including phenoxy) is 1. The minimum Gasteiger partial charge on any atom is -0.479 e. The Morgan fingerprint density at radius 3 is 2.51 bits per heavy atom. The number of nitrogens with zero attached hydrogens (tertiary/aromatic N) is 6. The molecule has 13 heteroatoms. The molecule has 0 saturated carbocycles. The number of hydrogen-bond donors (Lipinski definition) is 2. The lowest BCUT2D eigenvalue weighted by molar-refractivity contribution is 0.400. The van der Waals surface area contributed by atoms with E-state index in [4.69, 9.17) is 16.3 Å². The molecule has 192 valence electrons. The van der Waals surface area contributed by atoms with E-state index in [1.807, 2.05) is 36.0 Å². The Morgan fingerprint density at radius 2 is 1.76 bits per heavy atom. The summed E-state index contributed by atoms with van der Waals surface area (Å²) in [6.45, 7) is 5.30. The molecule has 2 N–H and O–H groups in total. The second-order valence-corrected chi connectivity index (χ2v) is 13.5. The summed E-state index contributed by atoms with van der Waals surface area (Å²) in [6, 6.07) is 7.48. The first-order chi connectivity index (χ1) is 17.8. The van der Waals surface area contributed by atoms with Gasteiger partial charge in [-0.3, -0.25) is 9.97 Å². The van der Waals surface area contributed by atoms with Crippen LogP contribution >= 0.6 is 30.5 Å². The predicted molar refractivity (Wildman–Crippen MR) is 153 cm³/mol. The molecule has 1 aliphatic heterocycles. The number of halogens is 1. The lowest BCUT2D eigenvalue weighted by Crippen LogP contribution is -2.33. The summed E-state index contributed by atoms with van der Waals surface area (Å²) in [4.78, 5) is 24.6. The highest BCUT2D eigenvalue weighted by Gasteiger charge is 2.22. The van der Waals surface area contributed by atoms with E-state index in [9.17, 15) is 4.57 Å². The van der Waals surface area contributed by atoms with Crippen molar-refractivity contribution in [2.45, 2.75) is 0 Å². The van der Waals surface area contributed by atoms with Gasteiger partial charge in [0.1, 0.15) is 29.2 Å². The first-order valence-corrected chi connectivity index (χ1v) is 15.7. The van der Waals surface area contributed by atoms with E-state index in [0.717, 1.165) is 30.4 Å². The van der Waals surface area contributed by atoms with Crippen molar-refractivity contribution in [2.75, 3.05) is 60.6 Å². The summed E-state index contributed by atoms with van der Waals surface area (Å²) in [5, 5.41) is 7.29. The molecule has 0 bridgehead atoms. The predicted octanol–water partition coefficient (Wildman–Crippen LogP) is 4.77. The van der Waals surface area contributed by atoms with E-state index < -0.39 is 7.14 Å². The third-order valence-electron chi connectivity index (χ3n) is 5.77. The summed E-state index contributed by atoms with van der Waals surface area (Å²) in [7, 11) is -1.16. The number of hydrogen-bond acceptors (Lipinski definition) is 11. The van der Waals surface area contributed by atoms with Crippen LogP contribution in [0.5, 0.6) is 5.88 Å². The fraction of sp³-hybridized carbons (Fsp3) is 0.292. The van der Waals surface area contributed by atoms with Gasteiger partial charge >= 0.3 is 0 Å². The van der Waals surface area contributed by atoms with Crippen LogP contribution in [-0.4, -0.2) is 70.0 Å². The van der Waals surface area contributed by atoms with Gasteiger partial charge in [0.25, 0.3) is 0 Å². The zero-order valence-corrected chi connectivity index (χ0v) is 23.1. The van der Waals surface area contributed by atoms with Gasteiger partial charge in [-0.2, -0.15) is 21.7 Å². The average molecular weight is 557 g/mol. The summed E-state index contributed by atoms with van der Waals surface area (Å²) in [5.74, 6) is 4.12. The van der Waals surface area contributed by atoms with Crippen LogP contribution in [0, 0.1) is 0 Å². The molecular weight excluding hydrogens is 531 g/mol. The number of pyridine rings is 1. The molecule has 0 atom stereocenters. The van der Waals surface area contributed by atoms with Gasteiger partial charge < -0.3 is 24.8 Å². The summed E-state index contributed by atoms with van der Waals surface area (Å²) in [5.41, 5.74) is 2.46. The zero-order valence-electron chi connectivity index (χ0n) is 20.6. The molecule has 1 saturated heterocycles. The van der Waals surface area contributed by atoms with Gasteiger partial charge in [0, 0.05) is 37.0 Å². The lowest BCUT2D eigenvalue weighted by Gasteiger charge is -2.27. The number of methoxy groups -OCH3 is 1. The number of thioether (sulfide) groups is 1. The Bertz CT molecular complexity index is 1500. The normalized spacial score (nSPS) is 14.0. The van der Waals surface area contributed by atoms with Gasteiger partial charge in [0.15, 0.2) is 5.82 Å². The Hall–Kier alpha value is -3.14. The minimum absolute atomic E-state index is 0.299.